The largest absolute Gasteiger partial charge is 0.496 e. The first-order chi connectivity index (χ1) is 17.6. The molecule has 0 saturated heterocycles. The number of allylic oxidation sites excluding steroid dienone is 1. The number of ketones is 1. The highest BCUT2D eigenvalue weighted by Crippen LogP contribution is 2.43. The molecule has 36 heavy (non-hydrogen) atoms. The molecule has 182 valence electrons. The average molecular weight is 481 g/mol. The lowest BCUT2D eigenvalue weighted by Crippen LogP contribution is -2.32. The van der Waals surface area contributed by atoms with E-state index in [1.165, 1.54) is 0 Å². The fourth-order valence-electron chi connectivity index (χ4n) is 5.27. The second-order valence-electron chi connectivity index (χ2n) is 9.27. The minimum Gasteiger partial charge on any atom is -0.496 e. The van der Waals surface area contributed by atoms with E-state index in [0.717, 1.165) is 51.2 Å². The number of fused-ring (bicyclic) bond motifs is 3. The van der Waals surface area contributed by atoms with Gasteiger partial charge >= 0.3 is 0 Å². The van der Waals surface area contributed by atoms with Crippen molar-refractivity contribution in [3.63, 3.8) is 0 Å². The van der Waals surface area contributed by atoms with Gasteiger partial charge in [-0.2, -0.15) is 0 Å². The van der Waals surface area contributed by atoms with E-state index >= 15 is 0 Å². The first kappa shape index (κ1) is 22.4. The van der Waals surface area contributed by atoms with E-state index in [-0.39, 0.29) is 5.78 Å². The van der Waals surface area contributed by atoms with Crippen LogP contribution >= 0.6 is 0 Å². The Hall–Kier alpha value is -4.03. The zero-order chi connectivity index (χ0) is 24.8. The molecule has 0 bridgehead atoms. The van der Waals surface area contributed by atoms with Crippen molar-refractivity contribution >= 4 is 22.8 Å². The van der Waals surface area contributed by atoms with Gasteiger partial charge in [0.05, 0.1) is 12.7 Å². The van der Waals surface area contributed by atoms with E-state index < -0.39 is 0 Å². The third-order valence-corrected chi connectivity index (χ3v) is 7.04. The molecule has 4 aromatic rings. The number of aromatic nitrogens is 1. The molecule has 0 atom stereocenters. The molecule has 6 nitrogen and oxygen atoms in total. The maximum absolute atomic E-state index is 13.4. The van der Waals surface area contributed by atoms with Crippen LogP contribution in [0.5, 0.6) is 17.2 Å². The number of hydrogen-bond donors (Lipinski definition) is 0. The van der Waals surface area contributed by atoms with Crippen LogP contribution < -0.4 is 14.2 Å². The van der Waals surface area contributed by atoms with E-state index in [1.54, 1.807) is 7.11 Å². The van der Waals surface area contributed by atoms with Crippen molar-refractivity contribution in [3.8, 4) is 17.2 Å². The Morgan fingerprint density at radius 3 is 2.72 bits per heavy atom. The van der Waals surface area contributed by atoms with Crippen LogP contribution in [0.2, 0.25) is 0 Å². The number of Topliss-reactive ketones (excluding diaryl/α,β-unsaturated/α-hetero) is 1. The number of hydrogen-bond acceptors (Lipinski definition) is 5. The molecule has 3 aromatic carbocycles. The van der Waals surface area contributed by atoms with Gasteiger partial charge in [-0.1, -0.05) is 36.4 Å². The minimum absolute atomic E-state index is 0.0916. The van der Waals surface area contributed by atoms with Gasteiger partial charge in [0.2, 0.25) is 5.78 Å². The molecule has 0 unspecified atom stereocenters. The summed E-state index contributed by atoms with van der Waals surface area (Å²) in [4.78, 5) is 15.6. The Morgan fingerprint density at radius 2 is 1.89 bits per heavy atom. The average Bonchev–Trinajstić information content (AvgIpc) is 3.42. The Kier molecular flexibility index (Phi) is 5.53. The topological polar surface area (TPSA) is 52.9 Å². The summed E-state index contributed by atoms with van der Waals surface area (Å²) >= 11 is 0. The Balaban J connectivity index is 1.31. The lowest BCUT2D eigenvalue weighted by Gasteiger charge is -2.30. The van der Waals surface area contributed by atoms with E-state index in [2.05, 4.69) is 40.8 Å². The van der Waals surface area contributed by atoms with Crippen LogP contribution in [0.4, 0.5) is 0 Å². The predicted octanol–water partition coefficient (Wildman–Crippen LogP) is 5.95. The monoisotopic (exact) mass is 480 g/mol. The molecule has 2 aliphatic heterocycles. The van der Waals surface area contributed by atoms with E-state index in [1.807, 2.05) is 49.4 Å². The third-order valence-electron chi connectivity index (χ3n) is 7.04. The third kappa shape index (κ3) is 3.65. The number of methoxy groups -OCH3 is 1. The van der Waals surface area contributed by atoms with Crippen LogP contribution in [0.25, 0.3) is 17.0 Å². The van der Waals surface area contributed by atoms with Crippen LogP contribution in [0.15, 0.2) is 66.6 Å². The van der Waals surface area contributed by atoms with Crippen molar-refractivity contribution in [2.75, 3.05) is 13.8 Å². The molecule has 0 spiro atoms. The number of rotatable bonds is 5. The molecule has 0 aliphatic carbocycles. The first-order valence-corrected chi connectivity index (χ1v) is 12.2. The number of carbonyl (C=O) groups excluding carboxylic acids is 1. The van der Waals surface area contributed by atoms with Crippen LogP contribution in [-0.4, -0.2) is 29.1 Å². The summed E-state index contributed by atoms with van der Waals surface area (Å²) in [6.45, 7) is 6.76. The van der Waals surface area contributed by atoms with Crippen molar-refractivity contribution in [3.05, 3.63) is 94.4 Å². The van der Waals surface area contributed by atoms with Gasteiger partial charge in [0, 0.05) is 59.0 Å². The zero-order valence-electron chi connectivity index (χ0n) is 20.7. The Labute approximate surface area is 210 Å². The number of nitrogens with zero attached hydrogens (tertiary/aromatic N) is 2. The van der Waals surface area contributed by atoms with Gasteiger partial charge in [0.25, 0.3) is 0 Å². The van der Waals surface area contributed by atoms with E-state index in [9.17, 15) is 4.79 Å². The fourth-order valence-corrected chi connectivity index (χ4v) is 5.27. The Morgan fingerprint density at radius 1 is 1.08 bits per heavy atom. The van der Waals surface area contributed by atoms with Gasteiger partial charge in [0.15, 0.2) is 5.76 Å². The molecule has 3 heterocycles. The van der Waals surface area contributed by atoms with Crippen LogP contribution in [0.3, 0.4) is 0 Å². The molecule has 0 radical (unpaired) electrons. The SMILES string of the molecule is CCn1cc(/C=C2\Oc3c(cc4c(c3C)OCN(Cc3ccccc3OC)C4)C2=O)c2ccccc21. The maximum atomic E-state index is 13.4. The van der Waals surface area contributed by atoms with E-state index in [4.69, 9.17) is 14.2 Å². The van der Waals surface area contributed by atoms with Crippen molar-refractivity contribution in [1.82, 2.24) is 9.47 Å². The van der Waals surface area contributed by atoms with Crippen molar-refractivity contribution < 1.29 is 19.0 Å². The van der Waals surface area contributed by atoms with Gasteiger partial charge in [-0.05, 0) is 38.1 Å². The van der Waals surface area contributed by atoms with Gasteiger partial charge in [-0.25, -0.2) is 0 Å². The number of benzene rings is 3. The molecule has 0 saturated carbocycles. The smallest absolute Gasteiger partial charge is 0.231 e. The summed E-state index contributed by atoms with van der Waals surface area (Å²) < 4.78 is 20.0. The van der Waals surface area contributed by atoms with Gasteiger partial charge < -0.3 is 18.8 Å². The highest BCUT2D eigenvalue weighted by atomic mass is 16.5. The number of carbonyl (C=O) groups is 1. The second-order valence-corrected chi connectivity index (χ2v) is 9.27. The normalized spacial score (nSPS) is 16.1. The summed E-state index contributed by atoms with van der Waals surface area (Å²) in [6.07, 6.45) is 3.94. The number of aryl methyl sites for hydroxylation is 1. The van der Waals surface area contributed by atoms with Crippen molar-refractivity contribution in [2.24, 2.45) is 0 Å². The molecule has 0 fully saturated rings. The molecule has 2 aliphatic rings. The standard InChI is InChI=1S/C30H28N2O4/c1-4-32-17-21(23-10-6-7-11-25(23)32)14-27-28(33)24-13-22-16-31(15-20-9-5-8-12-26(20)34-3)18-35-29(22)19(2)30(24)36-27/h5-14,17H,4,15-16,18H2,1-3H3/b27-14-. The molecule has 6 heteroatoms. The van der Waals surface area contributed by atoms with Crippen LogP contribution in [-0.2, 0) is 19.6 Å². The van der Waals surface area contributed by atoms with Gasteiger partial charge in [-0.3, -0.25) is 9.69 Å². The fraction of sp³-hybridized carbons (Fsp3) is 0.233. The van der Waals surface area contributed by atoms with Crippen molar-refractivity contribution in [1.29, 1.82) is 0 Å². The second kappa shape index (κ2) is 8.88. The molecule has 1 aromatic heterocycles. The number of para-hydroxylation sites is 2. The number of ether oxygens (including phenoxy) is 3. The zero-order valence-corrected chi connectivity index (χ0v) is 20.7. The predicted molar refractivity (Wildman–Crippen MR) is 139 cm³/mol. The van der Waals surface area contributed by atoms with Crippen LogP contribution in [0, 0.1) is 6.92 Å². The summed E-state index contributed by atoms with van der Waals surface area (Å²) in [5.41, 5.74) is 5.68. The maximum Gasteiger partial charge on any atom is 0.231 e. The van der Waals surface area contributed by atoms with Gasteiger partial charge in [-0.15, -0.1) is 0 Å². The summed E-state index contributed by atoms with van der Waals surface area (Å²) in [5, 5.41) is 1.10. The van der Waals surface area contributed by atoms with E-state index in [0.29, 0.717) is 36.9 Å². The van der Waals surface area contributed by atoms with Gasteiger partial charge in [0.1, 0.15) is 24.0 Å². The molecule has 0 amide bonds. The molecule has 0 N–H and O–H groups in total. The summed E-state index contributed by atoms with van der Waals surface area (Å²) in [6, 6.07) is 18.2. The molecular weight excluding hydrogens is 452 g/mol. The summed E-state index contributed by atoms with van der Waals surface area (Å²) in [5.74, 6) is 2.52. The summed E-state index contributed by atoms with van der Waals surface area (Å²) in [7, 11) is 1.68. The lowest BCUT2D eigenvalue weighted by molar-refractivity contribution is 0.0869. The quantitative estimate of drug-likeness (QED) is 0.331. The Bertz CT molecular complexity index is 1530. The highest BCUT2D eigenvalue weighted by Gasteiger charge is 2.34. The molecular formula is C30H28N2O4. The minimum atomic E-state index is -0.0916. The highest BCUT2D eigenvalue weighted by molar-refractivity contribution is 6.15. The molecule has 6 rings (SSSR count). The first-order valence-electron chi connectivity index (χ1n) is 12.2. The van der Waals surface area contributed by atoms with Crippen LogP contribution in [0.1, 0.15) is 39.5 Å². The van der Waals surface area contributed by atoms with Crippen molar-refractivity contribution in [2.45, 2.75) is 33.5 Å². The lowest BCUT2D eigenvalue weighted by atomic mass is 9.99.